The molecule has 7 nitrogen and oxygen atoms in total. The fourth-order valence-electron chi connectivity index (χ4n) is 2.62. The molecule has 0 saturated carbocycles. The predicted molar refractivity (Wildman–Crippen MR) is 124 cm³/mol. The van der Waals surface area contributed by atoms with Crippen LogP contribution in [0.5, 0.6) is 0 Å². The molecule has 0 aromatic heterocycles. The summed E-state index contributed by atoms with van der Waals surface area (Å²) in [6.45, 7) is 5.37. The molecule has 0 bridgehead atoms. The third kappa shape index (κ3) is 9.40. The molecule has 1 atom stereocenters. The molecule has 158 valence electrons. The van der Waals surface area contributed by atoms with Crippen molar-refractivity contribution in [1.82, 2.24) is 10.6 Å². The molecule has 1 amide bonds. The minimum absolute atomic E-state index is 0. The highest BCUT2D eigenvalue weighted by molar-refractivity contribution is 14.0. The van der Waals surface area contributed by atoms with Gasteiger partial charge in [0.05, 0.1) is 23.4 Å². The number of carbonyl (C=O) groups excluding carboxylic acids is 1. The van der Waals surface area contributed by atoms with Gasteiger partial charge in [-0.05, 0) is 37.5 Å². The minimum Gasteiger partial charge on any atom is -0.379 e. The Bertz CT molecular complexity index is 640. The van der Waals surface area contributed by atoms with Gasteiger partial charge < -0.3 is 25.4 Å². The van der Waals surface area contributed by atoms with E-state index in [0.29, 0.717) is 42.8 Å². The molecule has 1 aliphatic rings. The van der Waals surface area contributed by atoms with E-state index < -0.39 is 0 Å². The summed E-state index contributed by atoms with van der Waals surface area (Å²) in [6, 6.07) is 5.54. The lowest BCUT2D eigenvalue weighted by Crippen LogP contribution is -2.39. The molecule has 0 radical (unpaired) electrons. The summed E-state index contributed by atoms with van der Waals surface area (Å²) >= 11 is 6.13. The third-order valence-corrected chi connectivity index (χ3v) is 4.43. The number of aliphatic imine (C=N–C) groups is 1. The van der Waals surface area contributed by atoms with E-state index in [4.69, 9.17) is 21.1 Å². The van der Waals surface area contributed by atoms with Crippen molar-refractivity contribution in [3.63, 3.8) is 0 Å². The number of aryl methyl sites for hydroxylation is 1. The van der Waals surface area contributed by atoms with Gasteiger partial charge in [-0.25, -0.2) is 0 Å². The zero-order chi connectivity index (χ0) is 19.5. The summed E-state index contributed by atoms with van der Waals surface area (Å²) in [4.78, 5) is 16.2. The fourth-order valence-corrected chi connectivity index (χ4v) is 2.90. The highest BCUT2D eigenvalue weighted by Crippen LogP contribution is 2.22. The van der Waals surface area contributed by atoms with Crippen LogP contribution in [0.1, 0.15) is 24.8 Å². The van der Waals surface area contributed by atoms with Crippen LogP contribution in [-0.2, 0) is 14.3 Å². The average molecular weight is 525 g/mol. The number of rotatable bonds is 9. The standard InChI is InChI=1S/C19H29ClN4O3.HI/c1-14-4-5-17(16(20)12-14)24-18(25)6-9-23-19(21-2)22-8-3-10-27-15-7-11-26-13-15;/h4-5,12,15H,3,6-11,13H2,1-2H3,(H,24,25)(H2,21,22,23);1H. The maximum Gasteiger partial charge on any atom is 0.226 e. The number of ether oxygens (including phenoxy) is 2. The topological polar surface area (TPSA) is 84.0 Å². The van der Waals surface area contributed by atoms with Gasteiger partial charge in [-0.15, -0.1) is 24.0 Å². The molecule has 0 spiro atoms. The summed E-state index contributed by atoms with van der Waals surface area (Å²) in [5.74, 6) is 0.566. The number of guanidine groups is 1. The molecular formula is C19H30ClIN4O3. The van der Waals surface area contributed by atoms with Gasteiger partial charge in [-0.2, -0.15) is 0 Å². The number of hydrogen-bond donors (Lipinski definition) is 3. The van der Waals surface area contributed by atoms with Crippen LogP contribution in [0.25, 0.3) is 0 Å². The molecule has 9 heteroatoms. The first-order chi connectivity index (χ1) is 13.1. The van der Waals surface area contributed by atoms with E-state index in [9.17, 15) is 4.79 Å². The smallest absolute Gasteiger partial charge is 0.226 e. The van der Waals surface area contributed by atoms with Gasteiger partial charge in [0, 0.05) is 39.8 Å². The normalized spacial score (nSPS) is 16.4. The lowest BCUT2D eigenvalue weighted by atomic mass is 10.2. The second kappa shape index (κ2) is 14.0. The van der Waals surface area contributed by atoms with Gasteiger partial charge in [0.1, 0.15) is 0 Å². The number of benzene rings is 1. The number of carbonyl (C=O) groups is 1. The molecule has 1 saturated heterocycles. The molecule has 1 aromatic rings. The molecule has 1 fully saturated rings. The van der Waals surface area contributed by atoms with E-state index in [1.807, 2.05) is 25.1 Å². The zero-order valence-corrected chi connectivity index (χ0v) is 19.5. The molecule has 1 heterocycles. The second-order valence-electron chi connectivity index (χ2n) is 6.42. The van der Waals surface area contributed by atoms with Gasteiger partial charge in [0.2, 0.25) is 5.91 Å². The molecule has 3 N–H and O–H groups in total. The predicted octanol–water partition coefficient (Wildman–Crippen LogP) is 2.96. The van der Waals surface area contributed by atoms with Crippen LogP contribution in [0.4, 0.5) is 5.69 Å². The van der Waals surface area contributed by atoms with Crippen molar-refractivity contribution in [3.05, 3.63) is 28.8 Å². The lowest BCUT2D eigenvalue weighted by molar-refractivity contribution is -0.116. The Balaban J connectivity index is 0.00000392. The maximum atomic E-state index is 12.0. The highest BCUT2D eigenvalue weighted by Gasteiger charge is 2.15. The monoisotopic (exact) mass is 524 g/mol. The summed E-state index contributed by atoms with van der Waals surface area (Å²) in [7, 11) is 1.70. The molecule has 1 unspecified atom stereocenters. The van der Waals surface area contributed by atoms with Crippen molar-refractivity contribution < 1.29 is 14.3 Å². The van der Waals surface area contributed by atoms with Crippen molar-refractivity contribution in [3.8, 4) is 0 Å². The summed E-state index contributed by atoms with van der Waals surface area (Å²) in [5, 5.41) is 9.69. The Kier molecular flexibility index (Phi) is 12.4. The van der Waals surface area contributed by atoms with Crippen molar-refractivity contribution in [2.24, 2.45) is 4.99 Å². The van der Waals surface area contributed by atoms with E-state index in [2.05, 4.69) is 20.9 Å². The van der Waals surface area contributed by atoms with Crippen molar-refractivity contribution in [2.75, 3.05) is 45.3 Å². The molecule has 2 rings (SSSR count). The van der Waals surface area contributed by atoms with Gasteiger partial charge in [-0.1, -0.05) is 17.7 Å². The van der Waals surface area contributed by atoms with Gasteiger partial charge in [-0.3, -0.25) is 9.79 Å². The minimum atomic E-state index is -0.101. The van der Waals surface area contributed by atoms with Gasteiger partial charge in [0.25, 0.3) is 0 Å². The van der Waals surface area contributed by atoms with Crippen LogP contribution < -0.4 is 16.0 Å². The van der Waals surface area contributed by atoms with E-state index in [1.54, 1.807) is 7.05 Å². The number of halogens is 2. The number of nitrogens with zero attached hydrogens (tertiary/aromatic N) is 1. The third-order valence-electron chi connectivity index (χ3n) is 4.12. The molecule has 1 aromatic carbocycles. The average Bonchev–Trinajstić information content (AvgIpc) is 3.16. The summed E-state index contributed by atoms with van der Waals surface area (Å²) in [6.07, 6.45) is 2.41. The first kappa shape index (κ1) is 24.9. The van der Waals surface area contributed by atoms with E-state index in [-0.39, 0.29) is 36.0 Å². The SMILES string of the molecule is CN=C(NCCCOC1CCOC1)NCCC(=O)Nc1ccc(C)cc1Cl.I. The Morgan fingerprint density at radius 3 is 2.82 bits per heavy atom. The first-order valence-electron chi connectivity index (χ1n) is 9.28. The summed E-state index contributed by atoms with van der Waals surface area (Å²) in [5.41, 5.74) is 1.68. The number of hydrogen-bond acceptors (Lipinski definition) is 4. The van der Waals surface area contributed by atoms with Crippen LogP contribution in [0.3, 0.4) is 0 Å². The summed E-state index contributed by atoms with van der Waals surface area (Å²) < 4.78 is 11.0. The first-order valence-corrected chi connectivity index (χ1v) is 9.66. The molecule has 1 aliphatic heterocycles. The maximum absolute atomic E-state index is 12.0. The van der Waals surface area contributed by atoms with Gasteiger partial charge >= 0.3 is 0 Å². The largest absolute Gasteiger partial charge is 0.379 e. The second-order valence-corrected chi connectivity index (χ2v) is 6.82. The fraction of sp³-hybridized carbons (Fsp3) is 0.579. The van der Waals surface area contributed by atoms with Crippen LogP contribution in [-0.4, -0.2) is 57.9 Å². The van der Waals surface area contributed by atoms with Crippen LogP contribution >= 0.6 is 35.6 Å². The van der Waals surface area contributed by atoms with E-state index in [1.165, 1.54) is 0 Å². The Morgan fingerprint density at radius 1 is 1.36 bits per heavy atom. The highest BCUT2D eigenvalue weighted by atomic mass is 127. The zero-order valence-electron chi connectivity index (χ0n) is 16.4. The van der Waals surface area contributed by atoms with Gasteiger partial charge in [0.15, 0.2) is 5.96 Å². The number of anilines is 1. The van der Waals surface area contributed by atoms with E-state index in [0.717, 1.165) is 31.6 Å². The molecule has 28 heavy (non-hydrogen) atoms. The Hall–Kier alpha value is -1.10. The molecular weight excluding hydrogens is 495 g/mol. The van der Waals surface area contributed by atoms with Crippen molar-refractivity contribution >= 4 is 53.1 Å². The van der Waals surface area contributed by atoms with Crippen LogP contribution in [0, 0.1) is 6.92 Å². The Morgan fingerprint density at radius 2 is 2.14 bits per heavy atom. The number of nitrogens with one attached hydrogen (secondary N) is 3. The molecule has 0 aliphatic carbocycles. The van der Waals surface area contributed by atoms with Crippen LogP contribution in [0.2, 0.25) is 5.02 Å². The van der Waals surface area contributed by atoms with E-state index >= 15 is 0 Å². The quantitative estimate of drug-likeness (QED) is 0.200. The van der Waals surface area contributed by atoms with Crippen molar-refractivity contribution in [1.29, 1.82) is 0 Å². The number of amides is 1. The van der Waals surface area contributed by atoms with Crippen LogP contribution in [0.15, 0.2) is 23.2 Å². The lowest BCUT2D eigenvalue weighted by Gasteiger charge is -2.13. The Labute approximate surface area is 189 Å². The van der Waals surface area contributed by atoms with Crippen molar-refractivity contribution in [2.45, 2.75) is 32.3 Å².